The normalized spacial score (nSPS) is 11.7. The summed E-state index contributed by atoms with van der Waals surface area (Å²) in [6.07, 6.45) is 0. The number of hydrogen-bond acceptors (Lipinski definition) is 0. The van der Waals surface area contributed by atoms with Gasteiger partial charge in [-0.05, 0) is 6.07 Å². The van der Waals surface area contributed by atoms with Gasteiger partial charge in [-0.15, -0.1) is 0 Å². The van der Waals surface area contributed by atoms with Crippen LogP contribution in [-0.4, -0.2) is 4.98 Å². The van der Waals surface area contributed by atoms with Gasteiger partial charge in [-0.25, -0.2) is 0 Å². The van der Waals surface area contributed by atoms with Crippen LogP contribution < -0.4 is 0 Å². The molecular weight excluding hydrogens is 150 g/mol. The summed E-state index contributed by atoms with van der Waals surface area (Å²) >= 11 is 0. The molecule has 57 valence electrons. The van der Waals surface area contributed by atoms with Crippen molar-refractivity contribution in [1.29, 1.82) is 0 Å². The molecule has 0 aliphatic rings. The smallest absolute Gasteiger partial charge is 0.209 e. The van der Waals surface area contributed by atoms with Crippen molar-refractivity contribution in [2.75, 3.05) is 0 Å². The minimum absolute atomic E-state index is 0.112. The number of H-pyrrole nitrogens is 1. The summed E-state index contributed by atoms with van der Waals surface area (Å²) < 4.78 is 0. The Morgan fingerprint density at radius 1 is 1.00 bits per heavy atom. The largest absolute Gasteiger partial charge is 0.352 e. The van der Waals surface area contributed by atoms with E-state index in [2.05, 4.69) is 4.98 Å². The van der Waals surface area contributed by atoms with Crippen LogP contribution in [0.25, 0.3) is 21.8 Å². The predicted octanol–water partition coefficient (Wildman–Crippen LogP) is 2.90. The van der Waals surface area contributed by atoms with Crippen LogP contribution in [0.3, 0.4) is 0 Å². The van der Waals surface area contributed by atoms with Crippen molar-refractivity contribution in [3.63, 3.8) is 0 Å². The monoisotopic (exact) mass is 156 g/mol. The zero-order valence-corrected chi connectivity index (χ0v) is 6.29. The van der Waals surface area contributed by atoms with E-state index in [0.717, 1.165) is 21.8 Å². The lowest BCUT2D eigenvalue weighted by atomic mass is 10.1. The standard InChI is InChI=1S/C10H6NO/c12-10-7-4-2-1-3-6(7)8-5-9(10)11-8/h1-5,11H. The first-order chi connectivity index (χ1) is 5.86. The SMILES string of the molecule is [O]c1c2cc([nH]2)c2ccccc12. The molecule has 0 amide bonds. The zero-order chi connectivity index (χ0) is 8.13. The highest BCUT2D eigenvalue weighted by Gasteiger charge is 2.11. The highest BCUT2D eigenvalue weighted by Crippen LogP contribution is 2.35. The molecule has 2 nitrogen and oxygen atoms in total. The van der Waals surface area contributed by atoms with Gasteiger partial charge in [0.2, 0.25) is 5.75 Å². The summed E-state index contributed by atoms with van der Waals surface area (Å²) in [5.74, 6) is 0.112. The maximum Gasteiger partial charge on any atom is 0.209 e. The molecular formula is C10H6NO. The van der Waals surface area contributed by atoms with Crippen LogP contribution in [0.15, 0.2) is 30.3 Å². The van der Waals surface area contributed by atoms with E-state index in [-0.39, 0.29) is 5.75 Å². The van der Waals surface area contributed by atoms with Gasteiger partial charge in [0.05, 0.1) is 5.52 Å². The third-order valence-electron chi connectivity index (χ3n) is 2.26. The van der Waals surface area contributed by atoms with E-state index in [4.69, 9.17) is 0 Å². The molecule has 4 rings (SSSR count). The van der Waals surface area contributed by atoms with Crippen molar-refractivity contribution < 1.29 is 5.11 Å². The second-order valence-electron chi connectivity index (χ2n) is 2.97. The Hall–Kier alpha value is -1.70. The van der Waals surface area contributed by atoms with Gasteiger partial charge in [-0.2, -0.15) is 0 Å². The molecule has 2 heteroatoms. The summed E-state index contributed by atoms with van der Waals surface area (Å²) in [5.41, 5.74) is 1.80. The molecule has 2 bridgehead atoms. The number of benzene rings is 2. The van der Waals surface area contributed by atoms with Crippen LogP contribution in [0.1, 0.15) is 0 Å². The Labute approximate surface area is 68.8 Å². The summed E-state index contributed by atoms with van der Waals surface area (Å²) in [7, 11) is 0. The molecule has 2 aromatic heterocycles. The lowest BCUT2D eigenvalue weighted by molar-refractivity contribution is 0.364. The van der Waals surface area contributed by atoms with Crippen LogP contribution >= 0.6 is 0 Å². The Balaban J connectivity index is 2.67. The summed E-state index contributed by atoms with van der Waals surface area (Å²) in [4.78, 5) is 3.01. The van der Waals surface area contributed by atoms with Crippen LogP contribution in [0.2, 0.25) is 0 Å². The molecule has 2 heterocycles. The number of nitrogens with one attached hydrogen (secondary N) is 1. The van der Waals surface area contributed by atoms with E-state index in [9.17, 15) is 5.11 Å². The van der Waals surface area contributed by atoms with Gasteiger partial charge in [0.1, 0.15) is 0 Å². The summed E-state index contributed by atoms with van der Waals surface area (Å²) in [6, 6.07) is 9.55. The fourth-order valence-corrected chi connectivity index (χ4v) is 1.61. The van der Waals surface area contributed by atoms with E-state index in [1.807, 2.05) is 30.3 Å². The second kappa shape index (κ2) is 1.72. The molecule has 0 aliphatic carbocycles. The van der Waals surface area contributed by atoms with Crippen molar-refractivity contribution in [2.24, 2.45) is 0 Å². The summed E-state index contributed by atoms with van der Waals surface area (Å²) in [5, 5.41) is 13.4. The van der Waals surface area contributed by atoms with Crippen LogP contribution in [0.4, 0.5) is 0 Å². The average molecular weight is 156 g/mol. The maximum atomic E-state index is 11.5. The maximum absolute atomic E-state index is 11.5. The molecule has 4 aromatic rings. The van der Waals surface area contributed by atoms with E-state index in [0.29, 0.717) is 0 Å². The van der Waals surface area contributed by atoms with E-state index < -0.39 is 0 Å². The first-order valence-corrected chi connectivity index (χ1v) is 3.86. The molecule has 1 radical (unpaired) electrons. The van der Waals surface area contributed by atoms with E-state index >= 15 is 0 Å². The number of rotatable bonds is 0. The average Bonchev–Trinajstić information content (AvgIpc) is 2.02. The molecule has 0 atom stereocenters. The van der Waals surface area contributed by atoms with Crippen molar-refractivity contribution in [3.8, 4) is 5.75 Å². The quantitative estimate of drug-likeness (QED) is 0.519. The molecule has 2 aromatic carbocycles. The predicted molar refractivity (Wildman–Crippen MR) is 47.1 cm³/mol. The zero-order valence-electron chi connectivity index (χ0n) is 6.29. The van der Waals surface area contributed by atoms with Gasteiger partial charge in [0.25, 0.3) is 0 Å². The Morgan fingerprint density at radius 2 is 1.67 bits per heavy atom. The first-order valence-electron chi connectivity index (χ1n) is 3.86. The van der Waals surface area contributed by atoms with Crippen molar-refractivity contribution in [2.45, 2.75) is 0 Å². The first kappa shape index (κ1) is 5.89. The molecule has 12 heavy (non-hydrogen) atoms. The number of aromatic amines is 1. The molecule has 0 aliphatic heterocycles. The van der Waals surface area contributed by atoms with Crippen molar-refractivity contribution >= 4 is 21.8 Å². The lowest BCUT2D eigenvalue weighted by Gasteiger charge is -2.09. The Kier molecular flexibility index (Phi) is 0.844. The fourth-order valence-electron chi connectivity index (χ4n) is 1.61. The number of pyridine rings is 1. The minimum atomic E-state index is 0.112. The minimum Gasteiger partial charge on any atom is -0.352 e. The van der Waals surface area contributed by atoms with Gasteiger partial charge in [0.15, 0.2) is 0 Å². The van der Waals surface area contributed by atoms with E-state index in [1.54, 1.807) is 0 Å². The highest BCUT2D eigenvalue weighted by molar-refractivity contribution is 6.08. The van der Waals surface area contributed by atoms with E-state index in [1.165, 1.54) is 0 Å². The fraction of sp³-hybridized carbons (Fsp3) is 0. The third kappa shape index (κ3) is 0.515. The highest BCUT2D eigenvalue weighted by atomic mass is 16.3. The van der Waals surface area contributed by atoms with Crippen LogP contribution in [0, 0.1) is 0 Å². The van der Waals surface area contributed by atoms with Crippen molar-refractivity contribution in [3.05, 3.63) is 30.3 Å². The van der Waals surface area contributed by atoms with Crippen molar-refractivity contribution in [1.82, 2.24) is 4.98 Å². The van der Waals surface area contributed by atoms with Gasteiger partial charge < -0.3 is 4.98 Å². The van der Waals surface area contributed by atoms with Gasteiger partial charge >= 0.3 is 0 Å². The Morgan fingerprint density at radius 3 is 2.33 bits per heavy atom. The topological polar surface area (TPSA) is 35.7 Å². The molecule has 0 fully saturated rings. The van der Waals surface area contributed by atoms with Crippen LogP contribution in [0.5, 0.6) is 5.75 Å². The second-order valence-corrected chi connectivity index (χ2v) is 2.97. The molecule has 1 N–H and O–H groups in total. The Bertz CT molecular complexity index is 523. The molecule has 0 saturated heterocycles. The van der Waals surface area contributed by atoms with Gasteiger partial charge in [-0.3, -0.25) is 5.11 Å². The van der Waals surface area contributed by atoms with Gasteiger partial charge in [-0.1, -0.05) is 24.3 Å². The molecule has 0 unspecified atom stereocenters. The van der Waals surface area contributed by atoms with Gasteiger partial charge in [0, 0.05) is 16.3 Å². The molecule has 0 spiro atoms. The third-order valence-corrected chi connectivity index (χ3v) is 2.26. The number of aromatic nitrogens is 1. The lowest BCUT2D eigenvalue weighted by Crippen LogP contribution is -1.88. The molecule has 0 saturated carbocycles. The summed E-state index contributed by atoms with van der Waals surface area (Å²) in [6.45, 7) is 0. The van der Waals surface area contributed by atoms with Crippen LogP contribution in [-0.2, 0) is 5.11 Å². The number of hydrogen-bond donors (Lipinski definition) is 1.